The van der Waals surface area contributed by atoms with Crippen LogP contribution in [0.1, 0.15) is 6.92 Å². The second-order valence-corrected chi connectivity index (χ2v) is 5.04. The molecular weight excluding hydrogens is 300 g/mol. The molecule has 1 atom stereocenters. The van der Waals surface area contributed by atoms with Crippen LogP contribution in [0.5, 0.6) is 11.5 Å². The molecule has 0 unspecified atom stereocenters. The highest BCUT2D eigenvalue weighted by Gasteiger charge is 2.11. The van der Waals surface area contributed by atoms with Crippen LogP contribution in [0.2, 0.25) is 0 Å². The Balaban J connectivity index is 2.16. The first-order valence-electron chi connectivity index (χ1n) is 6.91. The minimum absolute atomic E-state index is 0.283. The molecule has 0 radical (unpaired) electrons. The molecule has 6 heteroatoms. The van der Waals surface area contributed by atoms with Crippen LogP contribution >= 0.6 is 0 Å². The van der Waals surface area contributed by atoms with Gasteiger partial charge >= 0.3 is 5.63 Å². The molecule has 0 saturated carbocycles. The number of carboxylic acid groups (broad SMARTS) is 1. The van der Waals surface area contributed by atoms with E-state index in [1.807, 2.05) is 0 Å². The summed E-state index contributed by atoms with van der Waals surface area (Å²) in [6.45, 7) is 1.36. The quantitative estimate of drug-likeness (QED) is 0.535. The molecule has 23 heavy (non-hydrogen) atoms. The molecule has 3 rings (SSSR count). The number of hydrogen-bond acceptors (Lipinski definition) is 6. The lowest BCUT2D eigenvalue weighted by Crippen LogP contribution is -2.37. The molecule has 1 aromatic heterocycles. The maximum Gasteiger partial charge on any atom is 0.344 e. The van der Waals surface area contributed by atoms with Gasteiger partial charge in [0.25, 0.3) is 0 Å². The Kier molecular flexibility index (Phi) is 3.65. The van der Waals surface area contributed by atoms with E-state index >= 15 is 0 Å². The molecular formula is C17H13O6-. The van der Waals surface area contributed by atoms with Gasteiger partial charge in [-0.05, 0) is 37.3 Å². The number of ether oxygens (including phenoxy) is 2. The standard InChI is InChI=1S/C17H14O6/c1-9(16(18)19)22-11-4-6-13-12-5-3-10(21-2)7-14(12)17(20)23-15(13)8-11/h3-9H,1-2H3,(H,18,19)/p-1/t9-/m0/s1. The number of benzene rings is 2. The summed E-state index contributed by atoms with van der Waals surface area (Å²) in [5, 5.41) is 12.6. The molecule has 0 aliphatic heterocycles. The molecule has 2 aromatic carbocycles. The lowest BCUT2D eigenvalue weighted by Gasteiger charge is -2.15. The smallest absolute Gasteiger partial charge is 0.344 e. The molecule has 0 spiro atoms. The Morgan fingerprint density at radius 3 is 2.48 bits per heavy atom. The van der Waals surface area contributed by atoms with Gasteiger partial charge in [-0.2, -0.15) is 0 Å². The zero-order chi connectivity index (χ0) is 16.6. The van der Waals surface area contributed by atoms with Crippen molar-refractivity contribution in [3.05, 3.63) is 46.8 Å². The van der Waals surface area contributed by atoms with Crippen molar-refractivity contribution in [3.8, 4) is 11.5 Å². The fraction of sp³-hybridized carbons (Fsp3) is 0.176. The first kappa shape index (κ1) is 14.9. The Morgan fingerprint density at radius 2 is 1.78 bits per heavy atom. The minimum Gasteiger partial charge on any atom is -0.546 e. The van der Waals surface area contributed by atoms with Crippen LogP contribution in [0.15, 0.2) is 45.6 Å². The normalized spacial score (nSPS) is 12.3. The number of carboxylic acids is 1. The first-order valence-corrected chi connectivity index (χ1v) is 6.91. The third kappa shape index (κ3) is 2.70. The van der Waals surface area contributed by atoms with E-state index in [4.69, 9.17) is 13.9 Å². The van der Waals surface area contributed by atoms with Gasteiger partial charge in [0.15, 0.2) is 0 Å². The van der Waals surface area contributed by atoms with Crippen molar-refractivity contribution >= 4 is 27.7 Å². The Labute approximate surface area is 130 Å². The number of fused-ring (bicyclic) bond motifs is 3. The highest BCUT2D eigenvalue weighted by Crippen LogP contribution is 2.28. The lowest BCUT2D eigenvalue weighted by molar-refractivity contribution is -0.312. The summed E-state index contributed by atoms with van der Waals surface area (Å²) in [6, 6.07) is 9.96. The predicted octanol–water partition coefficient (Wildman–Crippen LogP) is 1.47. The molecule has 0 fully saturated rings. The second kappa shape index (κ2) is 5.64. The third-order valence-corrected chi connectivity index (χ3v) is 3.54. The number of carbonyl (C=O) groups is 1. The molecule has 1 heterocycles. The van der Waals surface area contributed by atoms with Crippen LogP contribution in [0.3, 0.4) is 0 Å². The molecule has 0 N–H and O–H groups in total. The van der Waals surface area contributed by atoms with Gasteiger partial charge in [0.2, 0.25) is 0 Å². The van der Waals surface area contributed by atoms with Crippen molar-refractivity contribution in [1.29, 1.82) is 0 Å². The van der Waals surface area contributed by atoms with Gasteiger partial charge in [-0.25, -0.2) is 4.79 Å². The van der Waals surface area contributed by atoms with E-state index in [9.17, 15) is 14.7 Å². The van der Waals surface area contributed by atoms with E-state index in [2.05, 4.69) is 0 Å². The number of carbonyl (C=O) groups excluding carboxylic acids is 1. The van der Waals surface area contributed by atoms with Crippen molar-refractivity contribution in [1.82, 2.24) is 0 Å². The Morgan fingerprint density at radius 1 is 1.09 bits per heavy atom. The fourth-order valence-corrected chi connectivity index (χ4v) is 2.34. The molecule has 0 aliphatic rings. The van der Waals surface area contributed by atoms with E-state index in [0.717, 1.165) is 10.8 Å². The largest absolute Gasteiger partial charge is 0.546 e. The lowest BCUT2D eigenvalue weighted by atomic mass is 10.1. The summed E-state index contributed by atoms with van der Waals surface area (Å²) in [7, 11) is 1.52. The molecule has 3 aromatic rings. The maximum atomic E-state index is 12.1. The van der Waals surface area contributed by atoms with E-state index < -0.39 is 17.7 Å². The average molecular weight is 313 g/mol. The van der Waals surface area contributed by atoms with Crippen LogP contribution < -0.4 is 20.2 Å². The maximum absolute atomic E-state index is 12.1. The zero-order valence-electron chi connectivity index (χ0n) is 12.5. The highest BCUT2D eigenvalue weighted by atomic mass is 16.5. The predicted molar refractivity (Wildman–Crippen MR) is 81.6 cm³/mol. The number of methoxy groups -OCH3 is 1. The van der Waals surface area contributed by atoms with E-state index in [-0.39, 0.29) is 5.75 Å². The van der Waals surface area contributed by atoms with Crippen LogP contribution in [-0.2, 0) is 4.79 Å². The SMILES string of the molecule is COc1ccc2c(c1)c(=O)oc1cc(O[C@@H](C)C(=O)[O-])ccc12. The highest BCUT2D eigenvalue weighted by molar-refractivity contribution is 6.04. The molecule has 118 valence electrons. The summed E-state index contributed by atoms with van der Waals surface area (Å²) in [5.74, 6) is -0.478. The van der Waals surface area contributed by atoms with Crippen LogP contribution in [0.25, 0.3) is 21.7 Å². The Bertz CT molecular complexity index is 956. The van der Waals surface area contributed by atoms with Crippen molar-refractivity contribution < 1.29 is 23.8 Å². The second-order valence-electron chi connectivity index (χ2n) is 5.04. The number of aliphatic carboxylic acids is 1. The van der Waals surface area contributed by atoms with Crippen molar-refractivity contribution in [2.75, 3.05) is 7.11 Å². The summed E-state index contributed by atoms with van der Waals surface area (Å²) in [4.78, 5) is 22.9. The molecule has 0 amide bonds. The molecule has 6 nitrogen and oxygen atoms in total. The summed E-state index contributed by atoms with van der Waals surface area (Å²) < 4.78 is 15.6. The van der Waals surface area contributed by atoms with Gasteiger partial charge in [-0.15, -0.1) is 0 Å². The van der Waals surface area contributed by atoms with Crippen molar-refractivity contribution in [3.63, 3.8) is 0 Å². The van der Waals surface area contributed by atoms with Gasteiger partial charge < -0.3 is 23.8 Å². The van der Waals surface area contributed by atoms with E-state index in [1.165, 1.54) is 20.1 Å². The van der Waals surface area contributed by atoms with Crippen molar-refractivity contribution in [2.24, 2.45) is 0 Å². The van der Waals surface area contributed by atoms with Crippen molar-refractivity contribution in [2.45, 2.75) is 13.0 Å². The molecule has 0 bridgehead atoms. The third-order valence-electron chi connectivity index (χ3n) is 3.54. The topological polar surface area (TPSA) is 88.8 Å². The summed E-state index contributed by atoms with van der Waals surface area (Å²) in [6.07, 6.45) is -1.11. The molecule has 0 aliphatic carbocycles. The average Bonchev–Trinajstić information content (AvgIpc) is 2.54. The number of rotatable bonds is 4. The van der Waals surface area contributed by atoms with Gasteiger partial charge in [0.05, 0.1) is 18.5 Å². The van der Waals surface area contributed by atoms with Crippen LogP contribution in [0.4, 0.5) is 0 Å². The van der Waals surface area contributed by atoms with Gasteiger partial charge in [-0.1, -0.05) is 0 Å². The van der Waals surface area contributed by atoms with E-state index in [1.54, 1.807) is 30.3 Å². The minimum atomic E-state index is -1.32. The summed E-state index contributed by atoms with van der Waals surface area (Å²) in [5.41, 5.74) is -0.188. The van der Waals surface area contributed by atoms with Crippen LogP contribution in [0, 0.1) is 0 Å². The first-order chi connectivity index (χ1) is 11.0. The number of hydrogen-bond donors (Lipinski definition) is 0. The summed E-state index contributed by atoms with van der Waals surface area (Å²) >= 11 is 0. The molecule has 0 saturated heterocycles. The van der Waals surface area contributed by atoms with Gasteiger partial charge in [0.1, 0.15) is 23.2 Å². The van der Waals surface area contributed by atoms with Crippen LogP contribution in [-0.4, -0.2) is 19.2 Å². The zero-order valence-corrected chi connectivity index (χ0v) is 12.5. The monoisotopic (exact) mass is 313 g/mol. The van der Waals surface area contributed by atoms with E-state index in [0.29, 0.717) is 16.7 Å². The van der Waals surface area contributed by atoms with Gasteiger partial charge in [0, 0.05) is 16.8 Å². The Hall–Kier alpha value is -3.02. The van der Waals surface area contributed by atoms with Gasteiger partial charge in [-0.3, -0.25) is 0 Å². The fourth-order valence-electron chi connectivity index (χ4n) is 2.34.